The number of rotatable bonds is 5. The van der Waals surface area contributed by atoms with Crippen LogP contribution >= 0.6 is 11.6 Å². The molecule has 0 saturated carbocycles. The van der Waals surface area contributed by atoms with E-state index in [2.05, 4.69) is 10.3 Å². The average molecular weight is 361 g/mol. The van der Waals surface area contributed by atoms with Gasteiger partial charge in [0.2, 0.25) is 6.79 Å². The molecule has 1 amide bonds. The molecule has 2 aromatic rings. The van der Waals surface area contributed by atoms with Crippen LogP contribution in [0.1, 0.15) is 5.56 Å². The van der Waals surface area contributed by atoms with Crippen molar-refractivity contribution in [3.63, 3.8) is 0 Å². The second kappa shape index (κ2) is 7.67. The van der Waals surface area contributed by atoms with E-state index in [1.807, 2.05) is 0 Å². The molecule has 1 aliphatic rings. The molecule has 25 heavy (non-hydrogen) atoms. The van der Waals surface area contributed by atoms with Crippen molar-refractivity contribution in [1.82, 2.24) is 4.98 Å². The molecule has 0 unspecified atom stereocenters. The van der Waals surface area contributed by atoms with Crippen molar-refractivity contribution in [1.29, 1.82) is 0 Å². The average Bonchev–Trinajstić information content (AvgIpc) is 3.08. The van der Waals surface area contributed by atoms with E-state index < -0.39 is 18.5 Å². The normalized spacial score (nSPS) is 12.2. The Kier molecular flexibility index (Phi) is 5.15. The second-order valence-electron chi connectivity index (χ2n) is 4.94. The molecule has 0 fully saturated rings. The number of fused-ring (bicyclic) bond motifs is 1. The van der Waals surface area contributed by atoms with Gasteiger partial charge in [-0.25, -0.2) is 9.78 Å². The fourth-order valence-electron chi connectivity index (χ4n) is 2.03. The summed E-state index contributed by atoms with van der Waals surface area (Å²) in [5.74, 6) is 0.110. The SMILES string of the molecule is O=C(COC(=O)/C=C/c1ccc2c(c1)OCO2)Nc1cccnc1Cl. The fourth-order valence-corrected chi connectivity index (χ4v) is 2.20. The number of nitrogens with one attached hydrogen (secondary N) is 1. The molecule has 1 aromatic heterocycles. The lowest BCUT2D eigenvalue weighted by molar-refractivity contribution is -0.142. The maximum absolute atomic E-state index is 11.7. The molecular formula is C17H13ClN2O5. The number of benzene rings is 1. The van der Waals surface area contributed by atoms with E-state index in [4.69, 9.17) is 25.8 Å². The number of carbonyl (C=O) groups excluding carboxylic acids is 2. The Labute approximate surface area is 148 Å². The summed E-state index contributed by atoms with van der Waals surface area (Å²) in [5, 5.41) is 2.66. The summed E-state index contributed by atoms with van der Waals surface area (Å²) in [5.41, 5.74) is 1.09. The molecule has 0 radical (unpaired) electrons. The third kappa shape index (κ3) is 4.48. The van der Waals surface area contributed by atoms with Crippen LogP contribution in [0.15, 0.2) is 42.6 Å². The number of hydrogen-bond donors (Lipinski definition) is 1. The highest BCUT2D eigenvalue weighted by Crippen LogP contribution is 2.32. The van der Waals surface area contributed by atoms with Crippen LogP contribution in [0.25, 0.3) is 6.08 Å². The van der Waals surface area contributed by atoms with Gasteiger partial charge in [0.05, 0.1) is 5.69 Å². The first kappa shape index (κ1) is 16.8. The Morgan fingerprint density at radius 2 is 2.12 bits per heavy atom. The summed E-state index contributed by atoms with van der Waals surface area (Å²) in [4.78, 5) is 27.3. The van der Waals surface area contributed by atoms with Crippen molar-refractivity contribution < 1.29 is 23.8 Å². The minimum Gasteiger partial charge on any atom is -0.454 e. The van der Waals surface area contributed by atoms with Gasteiger partial charge in [0.1, 0.15) is 0 Å². The predicted molar refractivity (Wildman–Crippen MR) is 90.4 cm³/mol. The zero-order chi connectivity index (χ0) is 17.6. The highest BCUT2D eigenvalue weighted by atomic mass is 35.5. The van der Waals surface area contributed by atoms with E-state index >= 15 is 0 Å². The standard InChI is InChI=1S/C17H13ClN2O5/c18-17-12(2-1-7-19-17)20-15(21)9-23-16(22)6-4-11-3-5-13-14(8-11)25-10-24-13/h1-8H,9-10H2,(H,20,21)/b6-4+. The first-order valence-electron chi connectivity index (χ1n) is 7.27. The number of anilines is 1. The van der Waals surface area contributed by atoms with E-state index in [0.717, 1.165) is 5.56 Å². The van der Waals surface area contributed by atoms with E-state index in [-0.39, 0.29) is 11.9 Å². The molecule has 0 saturated heterocycles. The van der Waals surface area contributed by atoms with Crippen LogP contribution in [0, 0.1) is 0 Å². The molecule has 0 atom stereocenters. The van der Waals surface area contributed by atoms with Crippen LogP contribution in [0.2, 0.25) is 5.15 Å². The lowest BCUT2D eigenvalue weighted by atomic mass is 10.2. The van der Waals surface area contributed by atoms with E-state index in [1.54, 1.807) is 36.4 Å². The van der Waals surface area contributed by atoms with E-state index in [0.29, 0.717) is 17.2 Å². The zero-order valence-corrected chi connectivity index (χ0v) is 13.7. The lowest BCUT2D eigenvalue weighted by Crippen LogP contribution is -2.20. The number of amides is 1. The number of nitrogens with zero attached hydrogens (tertiary/aromatic N) is 1. The summed E-state index contributed by atoms with van der Waals surface area (Å²) in [6.45, 7) is -0.254. The van der Waals surface area contributed by atoms with Gasteiger partial charge in [-0.2, -0.15) is 0 Å². The summed E-state index contributed by atoms with van der Waals surface area (Å²) < 4.78 is 15.3. The number of hydrogen-bond acceptors (Lipinski definition) is 6. The number of halogens is 1. The third-order valence-corrected chi connectivity index (χ3v) is 3.49. The summed E-state index contributed by atoms with van der Waals surface area (Å²) in [6, 6.07) is 8.48. The van der Waals surface area contributed by atoms with Crippen molar-refractivity contribution in [3.05, 3.63) is 53.3 Å². The van der Waals surface area contributed by atoms with Crippen molar-refractivity contribution >= 4 is 35.2 Å². The summed E-state index contributed by atoms with van der Waals surface area (Å²) >= 11 is 5.82. The Morgan fingerprint density at radius 3 is 2.96 bits per heavy atom. The number of aromatic nitrogens is 1. The van der Waals surface area contributed by atoms with Crippen LogP contribution in [0.4, 0.5) is 5.69 Å². The topological polar surface area (TPSA) is 86.8 Å². The third-order valence-electron chi connectivity index (χ3n) is 3.19. The minimum atomic E-state index is -0.648. The number of pyridine rings is 1. The quantitative estimate of drug-likeness (QED) is 0.501. The van der Waals surface area contributed by atoms with Gasteiger partial charge in [-0.15, -0.1) is 0 Å². The summed E-state index contributed by atoms with van der Waals surface area (Å²) in [6.07, 6.45) is 4.28. The Bertz CT molecular complexity index is 838. The van der Waals surface area contributed by atoms with Gasteiger partial charge in [0.15, 0.2) is 23.3 Å². The molecule has 128 valence electrons. The molecule has 7 nitrogen and oxygen atoms in total. The largest absolute Gasteiger partial charge is 0.454 e. The van der Waals surface area contributed by atoms with Gasteiger partial charge >= 0.3 is 5.97 Å². The van der Waals surface area contributed by atoms with E-state index in [1.165, 1.54) is 12.3 Å². The Balaban J connectivity index is 1.49. The van der Waals surface area contributed by atoms with Crippen LogP contribution < -0.4 is 14.8 Å². The molecule has 0 spiro atoms. The van der Waals surface area contributed by atoms with E-state index in [9.17, 15) is 9.59 Å². The zero-order valence-electron chi connectivity index (χ0n) is 12.9. The second-order valence-corrected chi connectivity index (χ2v) is 5.30. The van der Waals surface area contributed by atoms with Gasteiger partial charge in [-0.3, -0.25) is 4.79 Å². The number of esters is 1. The molecule has 1 aliphatic heterocycles. The monoisotopic (exact) mass is 360 g/mol. The van der Waals surface area contributed by atoms with Gasteiger partial charge in [0.25, 0.3) is 5.91 Å². The molecule has 1 N–H and O–H groups in total. The van der Waals surface area contributed by atoms with Gasteiger partial charge in [0, 0.05) is 12.3 Å². The first-order chi connectivity index (χ1) is 12.1. The predicted octanol–water partition coefficient (Wildman–Crippen LogP) is 2.66. The molecule has 3 rings (SSSR count). The van der Waals surface area contributed by atoms with Gasteiger partial charge in [-0.1, -0.05) is 17.7 Å². The van der Waals surface area contributed by atoms with Gasteiger partial charge in [-0.05, 0) is 35.9 Å². The van der Waals surface area contributed by atoms with Crippen molar-refractivity contribution in [3.8, 4) is 11.5 Å². The molecule has 0 bridgehead atoms. The Morgan fingerprint density at radius 1 is 1.28 bits per heavy atom. The molecule has 2 heterocycles. The highest BCUT2D eigenvalue weighted by molar-refractivity contribution is 6.32. The molecule has 0 aliphatic carbocycles. The Hall–Kier alpha value is -3.06. The van der Waals surface area contributed by atoms with Crippen molar-refractivity contribution in [2.24, 2.45) is 0 Å². The fraction of sp³-hybridized carbons (Fsp3) is 0.118. The number of ether oxygens (including phenoxy) is 3. The van der Waals surface area contributed by atoms with Gasteiger partial charge < -0.3 is 19.5 Å². The van der Waals surface area contributed by atoms with Crippen LogP contribution in [0.3, 0.4) is 0 Å². The molecular weight excluding hydrogens is 348 g/mol. The number of carbonyl (C=O) groups is 2. The smallest absolute Gasteiger partial charge is 0.331 e. The van der Waals surface area contributed by atoms with Crippen molar-refractivity contribution in [2.45, 2.75) is 0 Å². The van der Waals surface area contributed by atoms with Crippen molar-refractivity contribution in [2.75, 3.05) is 18.7 Å². The van der Waals surface area contributed by atoms with Crippen LogP contribution in [0.5, 0.6) is 11.5 Å². The highest BCUT2D eigenvalue weighted by Gasteiger charge is 2.12. The maximum Gasteiger partial charge on any atom is 0.331 e. The first-order valence-corrected chi connectivity index (χ1v) is 7.64. The molecule has 1 aromatic carbocycles. The minimum absolute atomic E-state index is 0.157. The van der Waals surface area contributed by atoms with Crippen LogP contribution in [-0.4, -0.2) is 30.3 Å². The molecule has 8 heteroatoms. The van der Waals surface area contributed by atoms with Crippen LogP contribution in [-0.2, 0) is 14.3 Å². The summed E-state index contributed by atoms with van der Waals surface area (Å²) in [7, 11) is 0. The maximum atomic E-state index is 11.7. The lowest BCUT2D eigenvalue weighted by Gasteiger charge is -2.06.